The van der Waals surface area contributed by atoms with E-state index in [1.54, 1.807) is 0 Å². The van der Waals surface area contributed by atoms with Crippen molar-refractivity contribution in [1.29, 1.82) is 0 Å². The van der Waals surface area contributed by atoms with Crippen LogP contribution in [0.5, 0.6) is 5.75 Å². The number of anilines is 1. The van der Waals surface area contributed by atoms with Crippen molar-refractivity contribution in [2.45, 2.75) is 36.8 Å². The van der Waals surface area contributed by atoms with Crippen molar-refractivity contribution in [3.05, 3.63) is 68.3 Å². The summed E-state index contributed by atoms with van der Waals surface area (Å²) < 4.78 is 10.9. The minimum atomic E-state index is -1.04. The van der Waals surface area contributed by atoms with Crippen LogP contribution in [0.2, 0.25) is 0 Å². The standard InChI is InChI=1S/C21H20N4O7S2/c1-3-12(4-2)18(27)22-20-23-24-21(34-20)33-11-13-9-16(26)17(10-31-13)32-19(28)14-7-5-6-8-15(14)25(29)30/h5-10,12H,3-4,11H2,1-2H3,(H,22,23,27). The fourth-order valence-corrected chi connectivity index (χ4v) is 4.51. The molecule has 0 aliphatic heterocycles. The van der Waals surface area contributed by atoms with Crippen LogP contribution in [-0.4, -0.2) is 27.0 Å². The van der Waals surface area contributed by atoms with Gasteiger partial charge in [-0.1, -0.05) is 49.1 Å². The van der Waals surface area contributed by atoms with Crippen molar-refractivity contribution < 1.29 is 23.7 Å². The molecular weight excluding hydrogens is 484 g/mol. The van der Waals surface area contributed by atoms with E-state index in [9.17, 15) is 24.5 Å². The van der Waals surface area contributed by atoms with Gasteiger partial charge in [0.2, 0.25) is 22.2 Å². The molecule has 3 rings (SSSR count). The summed E-state index contributed by atoms with van der Waals surface area (Å²) in [6.07, 6.45) is 2.44. The number of carbonyl (C=O) groups is 2. The third kappa shape index (κ3) is 6.26. The third-order valence-electron chi connectivity index (χ3n) is 4.71. The number of nitrogens with zero attached hydrogens (tertiary/aromatic N) is 3. The number of nitrogens with one attached hydrogen (secondary N) is 1. The van der Waals surface area contributed by atoms with Crippen LogP contribution in [0, 0.1) is 16.0 Å². The number of rotatable bonds is 10. The maximum absolute atomic E-state index is 12.3. The molecule has 0 aliphatic carbocycles. The van der Waals surface area contributed by atoms with E-state index in [-0.39, 0.29) is 28.9 Å². The minimum Gasteiger partial charge on any atom is -0.464 e. The third-order valence-corrected chi connectivity index (χ3v) is 6.70. The number of hydrogen-bond acceptors (Lipinski definition) is 11. The summed E-state index contributed by atoms with van der Waals surface area (Å²) in [6.45, 7) is 3.89. The van der Waals surface area contributed by atoms with Gasteiger partial charge in [0.15, 0.2) is 4.34 Å². The fourth-order valence-electron chi connectivity index (χ4n) is 2.87. The monoisotopic (exact) mass is 504 g/mol. The Balaban J connectivity index is 1.61. The first-order valence-corrected chi connectivity index (χ1v) is 12.0. The van der Waals surface area contributed by atoms with Gasteiger partial charge in [0.25, 0.3) is 5.69 Å². The first-order chi connectivity index (χ1) is 16.3. The van der Waals surface area contributed by atoms with Crippen LogP contribution in [0.1, 0.15) is 42.8 Å². The molecule has 34 heavy (non-hydrogen) atoms. The lowest BCUT2D eigenvalue weighted by atomic mass is 10.0. The molecule has 0 aliphatic rings. The molecule has 0 atom stereocenters. The van der Waals surface area contributed by atoms with E-state index in [2.05, 4.69) is 15.5 Å². The van der Waals surface area contributed by atoms with Crippen LogP contribution < -0.4 is 15.5 Å². The first kappa shape index (κ1) is 25.1. The summed E-state index contributed by atoms with van der Waals surface area (Å²) in [6, 6.07) is 6.42. The number of benzene rings is 1. The highest BCUT2D eigenvalue weighted by Gasteiger charge is 2.22. The number of carbonyl (C=O) groups excluding carboxylic acids is 2. The number of ether oxygens (including phenoxy) is 1. The lowest BCUT2D eigenvalue weighted by Gasteiger charge is -2.09. The molecule has 1 aromatic carbocycles. The minimum absolute atomic E-state index is 0.0880. The van der Waals surface area contributed by atoms with Gasteiger partial charge < -0.3 is 14.5 Å². The number of nitro groups is 1. The van der Waals surface area contributed by atoms with Crippen molar-refractivity contribution in [2.24, 2.45) is 5.92 Å². The predicted octanol–water partition coefficient (Wildman–Crippen LogP) is 4.29. The molecule has 3 aromatic rings. The molecule has 0 bridgehead atoms. The van der Waals surface area contributed by atoms with Gasteiger partial charge in [-0.15, -0.1) is 10.2 Å². The maximum Gasteiger partial charge on any atom is 0.350 e. The molecule has 0 saturated carbocycles. The first-order valence-electron chi connectivity index (χ1n) is 10.2. The topological polar surface area (TPSA) is 155 Å². The second-order valence-corrected chi connectivity index (χ2v) is 9.10. The molecule has 0 unspecified atom stereocenters. The van der Waals surface area contributed by atoms with Crippen LogP contribution in [0.3, 0.4) is 0 Å². The van der Waals surface area contributed by atoms with E-state index in [1.807, 2.05) is 13.8 Å². The van der Waals surface area contributed by atoms with Gasteiger partial charge in [-0.25, -0.2) is 4.79 Å². The Bertz CT molecular complexity index is 1250. The largest absolute Gasteiger partial charge is 0.464 e. The number of hydrogen-bond donors (Lipinski definition) is 1. The highest BCUT2D eigenvalue weighted by molar-refractivity contribution is 8.00. The molecule has 1 N–H and O–H groups in total. The van der Waals surface area contributed by atoms with Crippen molar-refractivity contribution in [3.63, 3.8) is 0 Å². The van der Waals surface area contributed by atoms with E-state index in [0.717, 1.165) is 31.2 Å². The quantitative estimate of drug-likeness (QED) is 0.139. The Morgan fingerprint density at radius 3 is 2.68 bits per heavy atom. The van der Waals surface area contributed by atoms with E-state index in [0.29, 0.717) is 15.2 Å². The molecule has 2 aromatic heterocycles. The smallest absolute Gasteiger partial charge is 0.350 e. The molecule has 2 heterocycles. The highest BCUT2D eigenvalue weighted by Crippen LogP contribution is 2.29. The second kappa shape index (κ2) is 11.5. The van der Waals surface area contributed by atoms with Gasteiger partial charge in [-0.2, -0.15) is 0 Å². The van der Waals surface area contributed by atoms with Crippen LogP contribution in [-0.2, 0) is 10.5 Å². The zero-order valence-corrected chi connectivity index (χ0v) is 19.8. The Morgan fingerprint density at radius 1 is 1.26 bits per heavy atom. The fraction of sp³-hybridized carbons (Fsp3) is 0.286. The molecule has 0 radical (unpaired) electrons. The van der Waals surface area contributed by atoms with E-state index in [4.69, 9.17) is 9.15 Å². The molecule has 1 amide bonds. The maximum atomic E-state index is 12.3. The molecule has 13 heteroatoms. The lowest BCUT2D eigenvalue weighted by Crippen LogP contribution is -2.21. The summed E-state index contributed by atoms with van der Waals surface area (Å²) in [5.41, 5.74) is -1.34. The number of esters is 1. The Morgan fingerprint density at radius 2 is 2.00 bits per heavy atom. The summed E-state index contributed by atoms with van der Waals surface area (Å²) in [7, 11) is 0. The van der Waals surface area contributed by atoms with Gasteiger partial charge in [0, 0.05) is 18.1 Å². The molecule has 11 nitrogen and oxygen atoms in total. The summed E-state index contributed by atoms with van der Waals surface area (Å²) in [5.74, 6) is -1.09. The SMILES string of the molecule is CCC(CC)C(=O)Nc1nnc(SCc2cc(=O)c(OC(=O)c3ccccc3[N+](=O)[O-])co2)s1. The number of para-hydroxylation sites is 1. The van der Waals surface area contributed by atoms with Crippen molar-refractivity contribution in [1.82, 2.24) is 10.2 Å². The second-order valence-electron chi connectivity index (χ2n) is 6.90. The van der Waals surface area contributed by atoms with E-state index >= 15 is 0 Å². The van der Waals surface area contributed by atoms with Gasteiger partial charge >= 0.3 is 5.97 Å². The molecule has 0 fully saturated rings. The van der Waals surface area contributed by atoms with Crippen molar-refractivity contribution >= 4 is 45.8 Å². The molecular formula is C21H20N4O7S2. The number of aromatic nitrogens is 2. The average molecular weight is 505 g/mol. The summed E-state index contributed by atoms with van der Waals surface area (Å²) >= 11 is 2.45. The number of nitro benzene ring substituents is 1. The van der Waals surface area contributed by atoms with Crippen molar-refractivity contribution in [3.8, 4) is 5.75 Å². The van der Waals surface area contributed by atoms with Gasteiger partial charge in [-0.05, 0) is 18.9 Å². The summed E-state index contributed by atoms with van der Waals surface area (Å²) in [5, 5.41) is 22.2. The lowest BCUT2D eigenvalue weighted by molar-refractivity contribution is -0.385. The van der Waals surface area contributed by atoms with Gasteiger partial charge in [0.05, 0.1) is 10.7 Å². The van der Waals surface area contributed by atoms with Crippen molar-refractivity contribution in [2.75, 3.05) is 5.32 Å². The zero-order chi connectivity index (χ0) is 24.7. The normalized spacial score (nSPS) is 10.8. The average Bonchev–Trinajstić information content (AvgIpc) is 3.27. The van der Waals surface area contributed by atoms with Crippen LogP contribution in [0.15, 0.2) is 50.1 Å². The molecule has 178 valence electrons. The van der Waals surface area contributed by atoms with Crippen LogP contribution in [0.25, 0.3) is 0 Å². The highest BCUT2D eigenvalue weighted by atomic mass is 32.2. The van der Waals surface area contributed by atoms with Gasteiger partial charge in [-0.3, -0.25) is 19.7 Å². The Hall–Kier alpha value is -3.58. The van der Waals surface area contributed by atoms with E-state index in [1.165, 1.54) is 41.3 Å². The van der Waals surface area contributed by atoms with Gasteiger partial charge in [0.1, 0.15) is 17.6 Å². The van der Waals surface area contributed by atoms with E-state index < -0.39 is 22.0 Å². The number of thioether (sulfide) groups is 1. The molecule has 0 spiro atoms. The summed E-state index contributed by atoms with van der Waals surface area (Å²) in [4.78, 5) is 47.1. The van der Waals surface area contributed by atoms with Crippen LogP contribution in [0.4, 0.5) is 10.8 Å². The number of amides is 1. The molecule has 0 saturated heterocycles. The zero-order valence-electron chi connectivity index (χ0n) is 18.2. The Kier molecular flexibility index (Phi) is 8.49. The van der Waals surface area contributed by atoms with Crippen LogP contribution >= 0.6 is 23.1 Å². The Labute approximate surface area is 201 Å². The predicted molar refractivity (Wildman–Crippen MR) is 125 cm³/mol.